The molecule has 10 nitrogen and oxygen atoms in total. The van der Waals surface area contributed by atoms with Crippen molar-refractivity contribution in [1.82, 2.24) is 10.3 Å². The molecule has 0 aliphatic rings. The number of aromatic nitrogens is 1. The fourth-order valence-electron chi connectivity index (χ4n) is 2.66. The van der Waals surface area contributed by atoms with Gasteiger partial charge in [-0.05, 0) is 20.3 Å². The topological polar surface area (TPSA) is 122 Å². The van der Waals surface area contributed by atoms with E-state index in [0.717, 1.165) is 6.42 Å². The summed E-state index contributed by atoms with van der Waals surface area (Å²) in [4.78, 5) is 39.2. The average molecular weight is 505 g/mol. The number of hydrogen-bond acceptors (Lipinski definition) is 9. The first-order valence-electron chi connectivity index (χ1n) is 11.6. The number of nitrogens with zero attached hydrogens (tertiary/aromatic N) is 1. The van der Waals surface area contributed by atoms with Crippen LogP contribution in [0.2, 0.25) is 0 Å². The molecule has 0 bridgehead atoms. The zero-order valence-electron chi connectivity index (χ0n) is 21.6. The molecule has 0 aliphatic heterocycles. The Hall–Kier alpha value is -3.66. The van der Waals surface area contributed by atoms with Gasteiger partial charge in [0.25, 0.3) is 5.91 Å². The van der Waals surface area contributed by atoms with Crippen molar-refractivity contribution in [2.24, 2.45) is 0 Å². The van der Waals surface area contributed by atoms with Gasteiger partial charge in [0.2, 0.25) is 6.79 Å². The maximum atomic E-state index is 12.4. The fourth-order valence-corrected chi connectivity index (χ4v) is 2.66. The number of carbonyl (C=O) groups excluding carboxylic acids is 3. The number of aryl methyl sites for hydroxylation is 1. The highest BCUT2D eigenvalue weighted by Crippen LogP contribution is 2.29. The summed E-state index contributed by atoms with van der Waals surface area (Å²) in [5, 5.41) is 2.42. The number of methoxy groups -OCH3 is 1. The molecule has 0 fully saturated rings. The second-order valence-electron chi connectivity index (χ2n) is 7.63. The summed E-state index contributed by atoms with van der Waals surface area (Å²) in [5.74, 6) is -1.59. The molecule has 198 valence electrons. The zero-order chi connectivity index (χ0) is 26.8. The van der Waals surface area contributed by atoms with Crippen LogP contribution in [-0.2, 0) is 23.8 Å². The molecule has 36 heavy (non-hydrogen) atoms. The van der Waals surface area contributed by atoms with Gasteiger partial charge < -0.3 is 29.0 Å². The molecule has 1 unspecified atom stereocenters. The summed E-state index contributed by atoms with van der Waals surface area (Å²) < 4.78 is 25.7. The van der Waals surface area contributed by atoms with E-state index < -0.39 is 24.6 Å². The maximum absolute atomic E-state index is 12.4. The Morgan fingerprint density at radius 3 is 2.39 bits per heavy atom. The number of ether oxygens (including phenoxy) is 5. The van der Waals surface area contributed by atoms with Crippen LogP contribution in [0, 0.1) is 6.92 Å². The van der Waals surface area contributed by atoms with E-state index in [-0.39, 0.29) is 29.8 Å². The van der Waals surface area contributed by atoms with Crippen LogP contribution in [0.4, 0.5) is 0 Å². The first-order valence-corrected chi connectivity index (χ1v) is 11.6. The number of esters is 2. The smallest absolute Gasteiger partial charge is 0.325 e. The molecule has 1 heterocycles. The molecular formula is C26H36N2O8. The summed E-state index contributed by atoms with van der Waals surface area (Å²) in [6.07, 6.45) is 2.49. The number of benzene rings is 1. The van der Waals surface area contributed by atoms with Crippen LogP contribution >= 0.6 is 0 Å². The standard InChI is InChI=1S/C19H28N2O8.C7H8/c1-5-9-26-10-7-13(2)29-16(23)11-21-19(24)17-18(28-12-27-14(3)22)15(25-4)6-8-20-17;1-7-5-3-2-4-6-7/h6,8,13H,5,7,9-12H2,1-4H3,(H,21,24);2-6H,1H3. The van der Waals surface area contributed by atoms with Gasteiger partial charge in [0.05, 0.1) is 13.7 Å². The highest BCUT2D eigenvalue weighted by Gasteiger charge is 2.20. The van der Waals surface area contributed by atoms with Gasteiger partial charge in [-0.1, -0.05) is 42.8 Å². The van der Waals surface area contributed by atoms with Crippen molar-refractivity contribution in [3.63, 3.8) is 0 Å². The summed E-state index contributed by atoms with van der Waals surface area (Å²) in [7, 11) is 1.39. The van der Waals surface area contributed by atoms with E-state index >= 15 is 0 Å². The second-order valence-corrected chi connectivity index (χ2v) is 7.63. The largest absolute Gasteiger partial charge is 0.493 e. The van der Waals surface area contributed by atoms with Gasteiger partial charge >= 0.3 is 11.9 Å². The van der Waals surface area contributed by atoms with Gasteiger partial charge in [0.1, 0.15) is 12.6 Å². The van der Waals surface area contributed by atoms with Gasteiger partial charge in [0.15, 0.2) is 17.2 Å². The Balaban J connectivity index is 0.000000789. The third kappa shape index (κ3) is 12.7. The third-order valence-electron chi connectivity index (χ3n) is 4.45. The normalized spacial score (nSPS) is 10.8. The van der Waals surface area contributed by atoms with Crippen LogP contribution in [-0.4, -0.2) is 62.6 Å². The van der Waals surface area contributed by atoms with Crippen molar-refractivity contribution >= 4 is 17.8 Å². The predicted molar refractivity (Wildman–Crippen MR) is 133 cm³/mol. The summed E-state index contributed by atoms with van der Waals surface area (Å²) in [6, 6.07) is 11.7. The van der Waals surface area contributed by atoms with Crippen LogP contribution in [0.3, 0.4) is 0 Å². The molecule has 1 N–H and O–H groups in total. The molecule has 2 rings (SSSR count). The quantitative estimate of drug-likeness (QED) is 0.248. The van der Waals surface area contributed by atoms with E-state index in [1.54, 1.807) is 6.92 Å². The van der Waals surface area contributed by atoms with Crippen molar-refractivity contribution in [2.75, 3.05) is 33.7 Å². The minimum atomic E-state index is -0.669. The maximum Gasteiger partial charge on any atom is 0.325 e. The van der Waals surface area contributed by atoms with Gasteiger partial charge in [-0.3, -0.25) is 14.4 Å². The average Bonchev–Trinajstić information content (AvgIpc) is 2.86. The second kappa shape index (κ2) is 17.7. The highest BCUT2D eigenvalue weighted by atomic mass is 16.7. The van der Waals surface area contributed by atoms with Gasteiger partial charge in [0, 0.05) is 32.2 Å². The Labute approximate surface area is 212 Å². The SMILES string of the molecule is CCCOCCC(C)OC(=O)CNC(=O)c1nccc(OC)c1OCOC(C)=O.Cc1ccccc1. The van der Waals surface area contributed by atoms with E-state index in [4.69, 9.17) is 23.7 Å². The Morgan fingerprint density at radius 2 is 1.81 bits per heavy atom. The lowest BCUT2D eigenvalue weighted by atomic mass is 10.2. The molecular weight excluding hydrogens is 468 g/mol. The molecule has 0 aliphatic carbocycles. The van der Waals surface area contributed by atoms with E-state index in [2.05, 4.69) is 29.4 Å². The third-order valence-corrected chi connectivity index (χ3v) is 4.45. The molecule has 10 heteroatoms. The number of rotatable bonds is 13. The highest BCUT2D eigenvalue weighted by molar-refractivity contribution is 5.97. The fraction of sp³-hybridized carbons (Fsp3) is 0.462. The number of amides is 1. The molecule has 0 saturated heterocycles. The molecule has 1 atom stereocenters. The first-order chi connectivity index (χ1) is 17.3. The minimum Gasteiger partial charge on any atom is -0.493 e. The van der Waals surface area contributed by atoms with E-state index in [0.29, 0.717) is 19.6 Å². The molecule has 1 aromatic heterocycles. The van der Waals surface area contributed by atoms with E-state index in [1.807, 2.05) is 25.1 Å². The lowest BCUT2D eigenvalue weighted by Gasteiger charge is -2.15. The predicted octanol–water partition coefficient (Wildman–Crippen LogP) is 3.46. The van der Waals surface area contributed by atoms with E-state index in [1.165, 1.54) is 31.9 Å². The van der Waals surface area contributed by atoms with Crippen LogP contribution in [0.25, 0.3) is 0 Å². The molecule has 2 aromatic rings. The van der Waals surface area contributed by atoms with Gasteiger partial charge in [-0.15, -0.1) is 0 Å². The van der Waals surface area contributed by atoms with Crippen molar-refractivity contribution in [2.45, 2.75) is 46.6 Å². The Morgan fingerprint density at radius 1 is 1.08 bits per heavy atom. The van der Waals surface area contributed by atoms with Crippen LogP contribution in [0.1, 0.15) is 49.7 Å². The monoisotopic (exact) mass is 504 g/mol. The number of pyridine rings is 1. The van der Waals surface area contributed by atoms with Crippen LogP contribution in [0.15, 0.2) is 42.6 Å². The van der Waals surface area contributed by atoms with Crippen LogP contribution in [0.5, 0.6) is 11.5 Å². The lowest BCUT2D eigenvalue weighted by Crippen LogP contribution is -2.33. The summed E-state index contributed by atoms with van der Waals surface area (Å²) >= 11 is 0. The molecule has 0 radical (unpaired) electrons. The first kappa shape index (κ1) is 30.4. The summed E-state index contributed by atoms with van der Waals surface area (Å²) in [5.41, 5.74) is 1.20. The Kier molecular flexibility index (Phi) is 15.0. The van der Waals surface area contributed by atoms with Crippen molar-refractivity contribution < 1.29 is 38.1 Å². The minimum absolute atomic E-state index is 0.0106. The van der Waals surface area contributed by atoms with Gasteiger partial charge in [-0.2, -0.15) is 0 Å². The van der Waals surface area contributed by atoms with Gasteiger partial charge in [-0.25, -0.2) is 4.98 Å². The van der Waals surface area contributed by atoms with Crippen molar-refractivity contribution in [1.29, 1.82) is 0 Å². The number of nitrogens with one attached hydrogen (secondary N) is 1. The molecule has 0 saturated carbocycles. The van der Waals surface area contributed by atoms with Crippen molar-refractivity contribution in [3.8, 4) is 11.5 Å². The number of carbonyl (C=O) groups is 3. The zero-order valence-corrected chi connectivity index (χ0v) is 21.6. The molecule has 1 amide bonds. The lowest BCUT2D eigenvalue weighted by molar-refractivity contribution is -0.148. The molecule has 1 aromatic carbocycles. The Bertz CT molecular complexity index is 937. The van der Waals surface area contributed by atoms with Crippen LogP contribution < -0.4 is 14.8 Å². The van der Waals surface area contributed by atoms with Crippen molar-refractivity contribution in [3.05, 3.63) is 53.9 Å². The summed E-state index contributed by atoms with van der Waals surface area (Å²) in [6.45, 7) is 7.45. The molecule has 0 spiro atoms. The van der Waals surface area contributed by atoms with E-state index in [9.17, 15) is 14.4 Å². The number of hydrogen-bond donors (Lipinski definition) is 1.